The van der Waals surface area contributed by atoms with Crippen molar-refractivity contribution in [1.82, 2.24) is 0 Å². The summed E-state index contributed by atoms with van der Waals surface area (Å²) in [6.45, 7) is 0. The fourth-order valence-electron chi connectivity index (χ4n) is 1.51. The van der Waals surface area contributed by atoms with E-state index in [0.29, 0.717) is 17.2 Å². The zero-order valence-electron chi connectivity index (χ0n) is 8.15. The van der Waals surface area contributed by atoms with Crippen molar-refractivity contribution in [1.29, 1.82) is 0 Å². The van der Waals surface area contributed by atoms with Crippen molar-refractivity contribution in [2.24, 2.45) is 0 Å². The molecule has 0 aliphatic heterocycles. The summed E-state index contributed by atoms with van der Waals surface area (Å²) in [4.78, 5) is 0. The molecule has 0 aliphatic rings. The molecule has 2 aromatic rings. The number of halogens is 1. The average molecular weight is 259 g/mol. The van der Waals surface area contributed by atoms with Crippen LogP contribution in [0.15, 0.2) is 48.5 Å². The Balaban J connectivity index is 0.00000128. The van der Waals surface area contributed by atoms with Crippen LogP contribution in [0.5, 0.6) is 5.75 Å². The van der Waals surface area contributed by atoms with Gasteiger partial charge in [-0.25, -0.2) is 0 Å². The normalized spacial score (nSPS) is 9.56. The van der Waals surface area contributed by atoms with Crippen LogP contribution >= 0.6 is 11.6 Å². The first-order valence-corrected chi connectivity index (χ1v) is 5.15. The van der Waals surface area contributed by atoms with Gasteiger partial charge in [0.2, 0.25) is 0 Å². The summed E-state index contributed by atoms with van der Waals surface area (Å²) in [5.74, 6) is 0.295. The van der Waals surface area contributed by atoms with Gasteiger partial charge in [0, 0.05) is 11.4 Å². The van der Waals surface area contributed by atoms with Gasteiger partial charge in [-0.15, -0.1) is 0 Å². The Labute approximate surface area is 143 Å². The zero-order chi connectivity index (χ0) is 10.7. The summed E-state index contributed by atoms with van der Waals surface area (Å²) in [5.41, 5.74) is 2.02. The number of benzene rings is 2. The summed E-state index contributed by atoms with van der Waals surface area (Å²) in [7, 11) is 0. The van der Waals surface area contributed by atoms with Crippen molar-refractivity contribution in [2.45, 2.75) is 6.42 Å². The van der Waals surface area contributed by atoms with E-state index in [1.165, 1.54) is 0 Å². The number of hydrogen-bond donors (Lipinski definition) is 1. The van der Waals surface area contributed by atoms with E-state index in [2.05, 4.69) is 0 Å². The van der Waals surface area contributed by atoms with Gasteiger partial charge in [-0.2, -0.15) is 0 Å². The Morgan fingerprint density at radius 3 is 2.38 bits per heavy atom. The van der Waals surface area contributed by atoms with E-state index < -0.39 is 0 Å². The molecule has 0 aromatic heterocycles. The first kappa shape index (κ1) is 14.2. The standard InChI is InChI=1S/C13H11ClO.K.H/c14-12-6-7-13(15)11(9-12)8-10-4-2-1-3-5-10;;/h1-7,9,15H,8H2;;. The van der Waals surface area contributed by atoms with Crippen LogP contribution in [0.2, 0.25) is 5.02 Å². The molecule has 0 saturated carbocycles. The maximum atomic E-state index is 9.64. The minimum atomic E-state index is 0. The van der Waals surface area contributed by atoms with Crippen molar-refractivity contribution in [3.8, 4) is 5.75 Å². The van der Waals surface area contributed by atoms with Crippen LogP contribution in [-0.2, 0) is 6.42 Å². The van der Waals surface area contributed by atoms with Crippen LogP contribution in [-0.4, -0.2) is 56.5 Å². The summed E-state index contributed by atoms with van der Waals surface area (Å²) in [5, 5.41) is 10.3. The molecule has 0 bridgehead atoms. The number of phenolic OH excluding ortho intramolecular Hbond substituents is 1. The fraction of sp³-hybridized carbons (Fsp3) is 0.0769. The van der Waals surface area contributed by atoms with E-state index in [9.17, 15) is 5.11 Å². The molecule has 0 atom stereocenters. The second-order valence-electron chi connectivity index (χ2n) is 3.44. The monoisotopic (exact) mass is 258 g/mol. The van der Waals surface area contributed by atoms with Gasteiger partial charge in [0.05, 0.1) is 0 Å². The molecular weight excluding hydrogens is 247 g/mol. The molecule has 0 unspecified atom stereocenters. The van der Waals surface area contributed by atoms with Gasteiger partial charge in [-0.05, 0) is 29.3 Å². The fourth-order valence-corrected chi connectivity index (χ4v) is 1.71. The molecule has 1 N–H and O–H groups in total. The van der Waals surface area contributed by atoms with E-state index in [1.54, 1.807) is 18.2 Å². The molecule has 3 heteroatoms. The first-order valence-electron chi connectivity index (χ1n) is 4.77. The van der Waals surface area contributed by atoms with E-state index >= 15 is 0 Å². The van der Waals surface area contributed by atoms with Gasteiger partial charge in [0.1, 0.15) is 5.75 Å². The van der Waals surface area contributed by atoms with Crippen LogP contribution in [0.4, 0.5) is 0 Å². The molecule has 0 aliphatic carbocycles. The first-order chi connectivity index (χ1) is 7.25. The quantitative estimate of drug-likeness (QED) is 0.821. The summed E-state index contributed by atoms with van der Waals surface area (Å²) >= 11 is 5.87. The minimum absolute atomic E-state index is 0. The molecule has 78 valence electrons. The molecule has 2 rings (SSSR count). The Morgan fingerprint density at radius 1 is 1.00 bits per heavy atom. The Morgan fingerprint density at radius 2 is 1.69 bits per heavy atom. The van der Waals surface area contributed by atoms with Crippen molar-refractivity contribution < 1.29 is 5.11 Å². The molecule has 0 amide bonds. The maximum absolute atomic E-state index is 9.64. The van der Waals surface area contributed by atoms with E-state index in [0.717, 1.165) is 11.1 Å². The SMILES string of the molecule is Oc1ccc(Cl)cc1Cc1ccccc1.[KH]. The molecule has 0 spiro atoms. The van der Waals surface area contributed by atoms with Crippen LogP contribution in [0.25, 0.3) is 0 Å². The van der Waals surface area contributed by atoms with E-state index in [4.69, 9.17) is 11.6 Å². The molecule has 2 aromatic carbocycles. The summed E-state index contributed by atoms with van der Waals surface area (Å²) < 4.78 is 0. The van der Waals surface area contributed by atoms with E-state index in [-0.39, 0.29) is 51.4 Å². The number of hydrogen-bond acceptors (Lipinski definition) is 1. The molecule has 16 heavy (non-hydrogen) atoms. The van der Waals surface area contributed by atoms with Crippen molar-refractivity contribution >= 4 is 63.0 Å². The Bertz CT molecular complexity index is 457. The van der Waals surface area contributed by atoms with E-state index in [1.807, 2.05) is 30.3 Å². The van der Waals surface area contributed by atoms with Gasteiger partial charge in [0.25, 0.3) is 0 Å². The molecular formula is C13H12ClKO. The molecule has 0 radical (unpaired) electrons. The van der Waals surface area contributed by atoms with Crippen molar-refractivity contribution in [2.75, 3.05) is 0 Å². The topological polar surface area (TPSA) is 20.2 Å². The number of rotatable bonds is 2. The van der Waals surface area contributed by atoms with Crippen LogP contribution in [0.3, 0.4) is 0 Å². The van der Waals surface area contributed by atoms with Crippen LogP contribution < -0.4 is 0 Å². The third kappa shape index (κ3) is 3.88. The van der Waals surface area contributed by atoms with Gasteiger partial charge in [-0.1, -0.05) is 41.9 Å². The predicted molar refractivity (Wildman–Crippen MR) is 69.5 cm³/mol. The third-order valence-corrected chi connectivity index (χ3v) is 2.51. The molecule has 0 saturated heterocycles. The second-order valence-corrected chi connectivity index (χ2v) is 3.87. The van der Waals surface area contributed by atoms with Crippen molar-refractivity contribution in [3.05, 3.63) is 64.7 Å². The second kappa shape index (κ2) is 6.79. The molecule has 0 fully saturated rings. The Kier molecular flexibility index (Phi) is 6.04. The van der Waals surface area contributed by atoms with Gasteiger partial charge >= 0.3 is 51.4 Å². The van der Waals surface area contributed by atoms with Crippen LogP contribution in [0.1, 0.15) is 11.1 Å². The number of phenols is 1. The van der Waals surface area contributed by atoms with Crippen LogP contribution in [0, 0.1) is 0 Å². The summed E-state index contributed by atoms with van der Waals surface area (Å²) in [6.07, 6.45) is 0.702. The molecule has 1 nitrogen and oxygen atoms in total. The Hall–Kier alpha value is 0.166. The number of aromatic hydroxyl groups is 1. The third-order valence-electron chi connectivity index (χ3n) is 2.28. The van der Waals surface area contributed by atoms with Gasteiger partial charge in [0.15, 0.2) is 0 Å². The zero-order valence-corrected chi connectivity index (χ0v) is 8.91. The molecule has 0 heterocycles. The van der Waals surface area contributed by atoms with Gasteiger partial charge < -0.3 is 5.11 Å². The predicted octanol–water partition coefficient (Wildman–Crippen LogP) is 2.99. The summed E-state index contributed by atoms with van der Waals surface area (Å²) in [6, 6.07) is 15.1. The van der Waals surface area contributed by atoms with Crippen molar-refractivity contribution in [3.63, 3.8) is 0 Å². The average Bonchev–Trinajstić information content (AvgIpc) is 2.25. The van der Waals surface area contributed by atoms with Gasteiger partial charge in [-0.3, -0.25) is 0 Å².